The lowest BCUT2D eigenvalue weighted by Gasteiger charge is -2.21. The molecule has 0 spiro atoms. The molecule has 3 rings (SSSR count). The topological polar surface area (TPSA) is 27.1 Å². The van der Waals surface area contributed by atoms with Gasteiger partial charge in [-0.3, -0.25) is 0 Å². The van der Waals surface area contributed by atoms with Gasteiger partial charge < -0.3 is 9.30 Å². The maximum Gasteiger partial charge on any atom is 0.156 e. The fourth-order valence-corrected chi connectivity index (χ4v) is 3.14. The number of para-hydroxylation sites is 2. The summed E-state index contributed by atoms with van der Waals surface area (Å²) < 4.78 is 8.69. The fraction of sp³-hybridized carbons (Fsp3) is 0.409. The third kappa shape index (κ3) is 3.87. The highest BCUT2D eigenvalue weighted by atomic mass is 16.5. The molecule has 0 aliphatic carbocycles. The quantitative estimate of drug-likeness (QED) is 0.535. The fourth-order valence-electron chi connectivity index (χ4n) is 3.14. The normalized spacial score (nSPS) is 13.8. The predicted octanol–water partition coefficient (Wildman–Crippen LogP) is 5.92. The molecule has 0 bridgehead atoms. The number of ether oxygens (including phenoxy) is 1. The molecular formula is C22H28N2O. The summed E-state index contributed by atoms with van der Waals surface area (Å²) in [5.41, 5.74) is 3.46. The smallest absolute Gasteiger partial charge is 0.156 e. The van der Waals surface area contributed by atoms with Crippen LogP contribution in [0.3, 0.4) is 0 Å². The molecule has 0 aliphatic heterocycles. The second-order valence-electron chi connectivity index (χ2n) is 6.91. The predicted molar refractivity (Wildman–Crippen MR) is 104 cm³/mol. The van der Waals surface area contributed by atoms with Crippen molar-refractivity contribution in [2.45, 2.75) is 53.2 Å². The van der Waals surface area contributed by atoms with Gasteiger partial charge in [-0.05, 0) is 49.1 Å². The molecular weight excluding hydrogens is 308 g/mol. The van der Waals surface area contributed by atoms with Crippen LogP contribution in [-0.2, 0) is 6.54 Å². The van der Waals surface area contributed by atoms with E-state index in [9.17, 15) is 0 Å². The van der Waals surface area contributed by atoms with Crippen molar-refractivity contribution >= 4 is 11.0 Å². The molecule has 3 nitrogen and oxygen atoms in total. The number of aromatic nitrogens is 2. The molecule has 25 heavy (non-hydrogen) atoms. The molecule has 0 radical (unpaired) electrons. The zero-order chi connectivity index (χ0) is 17.8. The molecule has 132 valence electrons. The number of rotatable bonds is 7. The first-order valence-corrected chi connectivity index (χ1v) is 9.30. The van der Waals surface area contributed by atoms with Crippen LogP contribution in [-0.4, -0.2) is 9.55 Å². The molecule has 2 atom stereocenters. The first kappa shape index (κ1) is 17.5. The summed E-state index contributed by atoms with van der Waals surface area (Å²) in [4.78, 5) is 4.93. The van der Waals surface area contributed by atoms with E-state index in [2.05, 4.69) is 68.7 Å². The van der Waals surface area contributed by atoms with Crippen LogP contribution in [0.2, 0.25) is 0 Å². The van der Waals surface area contributed by atoms with Crippen LogP contribution < -0.4 is 4.74 Å². The summed E-state index contributed by atoms with van der Waals surface area (Å²) in [5, 5.41) is 0. The van der Waals surface area contributed by atoms with E-state index in [1.807, 2.05) is 12.1 Å². The Morgan fingerprint density at radius 1 is 1.04 bits per heavy atom. The maximum absolute atomic E-state index is 6.33. The Labute approximate surface area is 150 Å². The van der Waals surface area contributed by atoms with E-state index in [-0.39, 0.29) is 6.10 Å². The first-order valence-electron chi connectivity index (χ1n) is 9.30. The molecule has 2 unspecified atom stereocenters. The number of imidazole rings is 1. The molecule has 1 aromatic heterocycles. The second-order valence-corrected chi connectivity index (χ2v) is 6.91. The minimum Gasteiger partial charge on any atom is -0.483 e. The van der Waals surface area contributed by atoms with Gasteiger partial charge >= 0.3 is 0 Å². The number of fused-ring (bicyclic) bond motifs is 1. The van der Waals surface area contributed by atoms with Gasteiger partial charge in [0.05, 0.1) is 11.0 Å². The van der Waals surface area contributed by atoms with E-state index in [1.54, 1.807) is 0 Å². The van der Waals surface area contributed by atoms with E-state index in [0.29, 0.717) is 5.92 Å². The van der Waals surface area contributed by atoms with E-state index in [4.69, 9.17) is 9.72 Å². The average Bonchev–Trinajstić information content (AvgIpc) is 2.98. The maximum atomic E-state index is 6.33. The highest BCUT2D eigenvalue weighted by molar-refractivity contribution is 5.76. The third-order valence-corrected chi connectivity index (χ3v) is 4.80. The zero-order valence-corrected chi connectivity index (χ0v) is 15.7. The Kier molecular flexibility index (Phi) is 5.42. The van der Waals surface area contributed by atoms with E-state index in [0.717, 1.165) is 36.5 Å². The minimum atomic E-state index is -0.0433. The number of hydrogen-bond donors (Lipinski definition) is 0. The lowest BCUT2D eigenvalue weighted by atomic mass is 10.1. The van der Waals surface area contributed by atoms with E-state index < -0.39 is 0 Å². The Bertz CT molecular complexity index is 837. The second kappa shape index (κ2) is 7.73. The van der Waals surface area contributed by atoms with E-state index in [1.165, 1.54) is 11.1 Å². The highest BCUT2D eigenvalue weighted by Gasteiger charge is 2.21. The van der Waals surface area contributed by atoms with Crippen LogP contribution in [0.1, 0.15) is 51.1 Å². The Morgan fingerprint density at radius 2 is 1.84 bits per heavy atom. The van der Waals surface area contributed by atoms with Crippen LogP contribution in [0.5, 0.6) is 5.75 Å². The number of benzene rings is 2. The summed E-state index contributed by atoms with van der Waals surface area (Å²) >= 11 is 0. The molecule has 0 fully saturated rings. The van der Waals surface area contributed by atoms with Crippen molar-refractivity contribution in [3.05, 3.63) is 59.9 Å². The van der Waals surface area contributed by atoms with Crippen molar-refractivity contribution < 1.29 is 4.74 Å². The van der Waals surface area contributed by atoms with E-state index >= 15 is 0 Å². The largest absolute Gasteiger partial charge is 0.483 e. The van der Waals surface area contributed by atoms with Gasteiger partial charge in [0, 0.05) is 6.54 Å². The molecule has 0 saturated heterocycles. The van der Waals surface area contributed by atoms with Crippen molar-refractivity contribution in [3.63, 3.8) is 0 Å². The minimum absolute atomic E-state index is 0.0433. The van der Waals surface area contributed by atoms with Crippen molar-refractivity contribution in [1.82, 2.24) is 9.55 Å². The Hall–Kier alpha value is -2.29. The summed E-state index contributed by atoms with van der Waals surface area (Å²) in [6.07, 6.45) is 2.00. The van der Waals surface area contributed by atoms with Crippen LogP contribution in [0.4, 0.5) is 0 Å². The van der Waals surface area contributed by atoms with Crippen molar-refractivity contribution in [2.24, 2.45) is 5.92 Å². The summed E-state index contributed by atoms with van der Waals surface area (Å²) in [7, 11) is 0. The van der Waals surface area contributed by atoms with Crippen molar-refractivity contribution in [1.29, 1.82) is 0 Å². The number of aryl methyl sites for hydroxylation is 1. The van der Waals surface area contributed by atoms with Gasteiger partial charge in [0.15, 0.2) is 11.9 Å². The SMILES string of the molecule is CCC(C)Cn1c(C(CC)Oc2cccc(C)c2)nc2ccccc21. The van der Waals surface area contributed by atoms with Gasteiger partial charge in [0.25, 0.3) is 0 Å². The monoisotopic (exact) mass is 336 g/mol. The first-order chi connectivity index (χ1) is 12.1. The molecule has 0 N–H and O–H groups in total. The third-order valence-electron chi connectivity index (χ3n) is 4.80. The van der Waals surface area contributed by atoms with Crippen LogP contribution in [0.25, 0.3) is 11.0 Å². The molecule has 3 heteroatoms. The summed E-state index contributed by atoms with van der Waals surface area (Å²) in [6.45, 7) is 9.75. The number of hydrogen-bond acceptors (Lipinski definition) is 2. The van der Waals surface area contributed by atoms with Crippen molar-refractivity contribution in [3.8, 4) is 5.75 Å². The zero-order valence-electron chi connectivity index (χ0n) is 15.7. The van der Waals surface area contributed by atoms with Crippen LogP contribution in [0.15, 0.2) is 48.5 Å². The summed E-state index contributed by atoms with van der Waals surface area (Å²) in [6, 6.07) is 16.6. The number of nitrogens with zero attached hydrogens (tertiary/aromatic N) is 2. The standard InChI is InChI=1S/C22H28N2O/c1-5-16(3)15-24-20-13-8-7-12-19(20)23-22(24)21(6-2)25-18-11-9-10-17(4)14-18/h7-14,16,21H,5-6,15H2,1-4H3. The van der Waals surface area contributed by atoms with Crippen LogP contribution >= 0.6 is 0 Å². The molecule has 1 heterocycles. The van der Waals surface area contributed by atoms with Crippen LogP contribution in [0, 0.1) is 12.8 Å². The van der Waals surface area contributed by atoms with Gasteiger partial charge in [-0.15, -0.1) is 0 Å². The van der Waals surface area contributed by atoms with Gasteiger partial charge in [-0.1, -0.05) is 51.5 Å². The van der Waals surface area contributed by atoms with Gasteiger partial charge in [-0.25, -0.2) is 4.98 Å². The average molecular weight is 336 g/mol. The Balaban J connectivity index is 2.00. The van der Waals surface area contributed by atoms with Gasteiger partial charge in [-0.2, -0.15) is 0 Å². The molecule has 2 aromatic carbocycles. The van der Waals surface area contributed by atoms with Gasteiger partial charge in [0.1, 0.15) is 5.75 Å². The lowest BCUT2D eigenvalue weighted by Crippen LogP contribution is -2.17. The summed E-state index contributed by atoms with van der Waals surface area (Å²) in [5.74, 6) is 2.55. The van der Waals surface area contributed by atoms with Gasteiger partial charge in [0.2, 0.25) is 0 Å². The molecule has 0 amide bonds. The Morgan fingerprint density at radius 3 is 2.56 bits per heavy atom. The molecule has 0 saturated carbocycles. The van der Waals surface area contributed by atoms with Crippen molar-refractivity contribution in [2.75, 3.05) is 0 Å². The highest BCUT2D eigenvalue weighted by Crippen LogP contribution is 2.29. The molecule has 0 aliphatic rings. The molecule has 3 aromatic rings. The lowest BCUT2D eigenvalue weighted by molar-refractivity contribution is 0.185.